The molecule has 3 aromatic heterocycles. The van der Waals surface area contributed by atoms with E-state index in [1.807, 2.05) is 18.3 Å². The topological polar surface area (TPSA) is 91.9 Å². The molecule has 8 heteroatoms. The third-order valence-electron chi connectivity index (χ3n) is 7.36. The number of nitrogens with zero attached hydrogens (tertiary/aromatic N) is 5. The summed E-state index contributed by atoms with van der Waals surface area (Å²) >= 11 is 0. The van der Waals surface area contributed by atoms with E-state index in [1.54, 1.807) is 19.5 Å². The van der Waals surface area contributed by atoms with Gasteiger partial charge in [0.25, 0.3) is 0 Å². The molecule has 1 atom stereocenters. The lowest BCUT2D eigenvalue weighted by molar-refractivity contribution is 0.153. The molecule has 8 nitrogen and oxygen atoms in total. The number of nitrogens with one attached hydrogen (secondary N) is 2. The SMILES string of the molecule is COc1nccnc1CNCc1ccc(CN(Cc2nc3ccccc3[nH]2)C2CCCc3cccnc32)cc1. The molecule has 1 aliphatic rings. The number of pyridine rings is 1. The van der Waals surface area contributed by atoms with Crippen LogP contribution < -0.4 is 10.1 Å². The Morgan fingerprint density at radius 2 is 1.74 bits per heavy atom. The van der Waals surface area contributed by atoms with Crippen LogP contribution in [0.2, 0.25) is 0 Å². The van der Waals surface area contributed by atoms with Crippen LogP contribution in [0.5, 0.6) is 5.88 Å². The smallest absolute Gasteiger partial charge is 0.236 e. The molecule has 0 radical (unpaired) electrons. The Labute approximate surface area is 228 Å². The van der Waals surface area contributed by atoms with Gasteiger partial charge in [0.1, 0.15) is 11.5 Å². The van der Waals surface area contributed by atoms with E-state index >= 15 is 0 Å². The first-order valence-corrected chi connectivity index (χ1v) is 13.5. The first-order chi connectivity index (χ1) is 19.3. The summed E-state index contributed by atoms with van der Waals surface area (Å²) in [4.78, 5) is 24.4. The second-order valence-electron chi connectivity index (χ2n) is 9.99. The van der Waals surface area contributed by atoms with Gasteiger partial charge in [-0.1, -0.05) is 42.5 Å². The van der Waals surface area contributed by atoms with Crippen molar-refractivity contribution in [2.75, 3.05) is 7.11 Å². The van der Waals surface area contributed by atoms with Crippen molar-refractivity contribution in [3.8, 4) is 5.88 Å². The van der Waals surface area contributed by atoms with Gasteiger partial charge in [-0.25, -0.2) is 9.97 Å². The van der Waals surface area contributed by atoms with Crippen LogP contribution in [0.3, 0.4) is 0 Å². The number of rotatable bonds is 10. The van der Waals surface area contributed by atoms with Crippen molar-refractivity contribution < 1.29 is 4.74 Å². The second-order valence-corrected chi connectivity index (χ2v) is 9.99. The van der Waals surface area contributed by atoms with Gasteiger partial charge in [-0.3, -0.25) is 14.9 Å². The Balaban J connectivity index is 1.18. The van der Waals surface area contributed by atoms with Crippen LogP contribution >= 0.6 is 0 Å². The molecule has 6 rings (SSSR count). The normalized spacial score (nSPS) is 15.0. The summed E-state index contributed by atoms with van der Waals surface area (Å²) in [6.07, 6.45) is 8.61. The molecule has 1 unspecified atom stereocenters. The van der Waals surface area contributed by atoms with Crippen LogP contribution in [-0.2, 0) is 32.6 Å². The van der Waals surface area contributed by atoms with E-state index in [0.29, 0.717) is 12.4 Å². The summed E-state index contributed by atoms with van der Waals surface area (Å²) in [5.41, 5.74) is 7.95. The number of imidazole rings is 1. The molecular formula is C31H33N7O. The highest BCUT2D eigenvalue weighted by Crippen LogP contribution is 2.34. The lowest BCUT2D eigenvalue weighted by Crippen LogP contribution is -2.31. The molecule has 0 bridgehead atoms. The Morgan fingerprint density at radius 3 is 2.62 bits per heavy atom. The number of aryl methyl sites for hydroxylation is 1. The van der Waals surface area contributed by atoms with E-state index in [1.165, 1.54) is 28.8 Å². The molecule has 2 N–H and O–H groups in total. The molecule has 198 valence electrons. The average molecular weight is 520 g/mol. The number of para-hydroxylation sites is 2. The van der Waals surface area contributed by atoms with Gasteiger partial charge < -0.3 is 15.0 Å². The molecule has 0 saturated heterocycles. The Bertz CT molecular complexity index is 1500. The van der Waals surface area contributed by atoms with Crippen molar-refractivity contribution in [3.05, 3.63) is 113 Å². The summed E-state index contributed by atoms with van der Waals surface area (Å²) in [6.45, 7) is 2.89. The van der Waals surface area contributed by atoms with Crippen LogP contribution in [0.15, 0.2) is 79.3 Å². The molecule has 0 fully saturated rings. The highest BCUT2D eigenvalue weighted by molar-refractivity contribution is 5.74. The molecular weight excluding hydrogens is 486 g/mol. The second kappa shape index (κ2) is 11.7. The minimum absolute atomic E-state index is 0.256. The zero-order chi connectivity index (χ0) is 26.4. The number of methoxy groups -OCH3 is 1. The van der Waals surface area contributed by atoms with Crippen molar-refractivity contribution >= 4 is 11.0 Å². The number of aromatic amines is 1. The number of H-pyrrole nitrogens is 1. The number of hydrogen-bond acceptors (Lipinski definition) is 7. The fourth-order valence-corrected chi connectivity index (χ4v) is 5.46. The van der Waals surface area contributed by atoms with Gasteiger partial charge in [0.2, 0.25) is 5.88 Å². The van der Waals surface area contributed by atoms with Crippen LogP contribution in [-0.4, -0.2) is 36.9 Å². The predicted octanol–water partition coefficient (Wildman–Crippen LogP) is 5.13. The zero-order valence-electron chi connectivity index (χ0n) is 22.2. The predicted molar refractivity (Wildman–Crippen MR) is 151 cm³/mol. The van der Waals surface area contributed by atoms with Crippen molar-refractivity contribution in [2.45, 2.75) is 51.5 Å². The van der Waals surface area contributed by atoms with Crippen molar-refractivity contribution in [2.24, 2.45) is 0 Å². The van der Waals surface area contributed by atoms with E-state index in [4.69, 9.17) is 14.7 Å². The minimum atomic E-state index is 0.256. The summed E-state index contributed by atoms with van der Waals surface area (Å²) < 4.78 is 5.30. The van der Waals surface area contributed by atoms with Gasteiger partial charge in [0.05, 0.1) is 36.4 Å². The molecule has 2 aromatic carbocycles. The van der Waals surface area contributed by atoms with Gasteiger partial charge >= 0.3 is 0 Å². The first kappa shape index (κ1) is 25.2. The zero-order valence-corrected chi connectivity index (χ0v) is 22.2. The number of fused-ring (bicyclic) bond motifs is 2. The van der Waals surface area contributed by atoms with Gasteiger partial charge in [-0.15, -0.1) is 0 Å². The van der Waals surface area contributed by atoms with E-state index in [9.17, 15) is 0 Å². The van der Waals surface area contributed by atoms with Crippen molar-refractivity contribution in [1.82, 2.24) is 35.1 Å². The summed E-state index contributed by atoms with van der Waals surface area (Å²) in [5, 5.41) is 3.45. The van der Waals surface area contributed by atoms with E-state index in [0.717, 1.165) is 55.0 Å². The molecule has 1 aliphatic carbocycles. The van der Waals surface area contributed by atoms with E-state index < -0.39 is 0 Å². The standard InChI is InChI=1S/C31H33N7O/c1-39-31-27(33-16-17-35-31)19-32-18-22-11-13-23(14-12-22)20-38(21-29-36-25-8-2-3-9-26(25)37-29)28-10-4-6-24-7-5-15-34-30(24)28/h2-3,5,7-9,11-17,28,32H,4,6,10,18-21H2,1H3,(H,36,37). The van der Waals surface area contributed by atoms with Crippen LogP contribution in [0.1, 0.15) is 52.8 Å². The summed E-state index contributed by atoms with van der Waals surface area (Å²) in [7, 11) is 1.62. The van der Waals surface area contributed by atoms with Crippen LogP contribution in [0.25, 0.3) is 11.0 Å². The third-order valence-corrected chi connectivity index (χ3v) is 7.36. The van der Waals surface area contributed by atoms with Crippen LogP contribution in [0, 0.1) is 0 Å². The lowest BCUT2D eigenvalue weighted by Gasteiger charge is -2.34. The Kier molecular flexibility index (Phi) is 7.56. The minimum Gasteiger partial charge on any atom is -0.480 e. The quantitative estimate of drug-likeness (QED) is 0.264. The molecule has 0 amide bonds. The monoisotopic (exact) mass is 519 g/mol. The van der Waals surface area contributed by atoms with Gasteiger partial charge in [-0.2, -0.15) is 0 Å². The molecule has 0 saturated carbocycles. The van der Waals surface area contributed by atoms with E-state index in [2.05, 4.69) is 73.7 Å². The molecule has 0 spiro atoms. The highest BCUT2D eigenvalue weighted by Gasteiger charge is 2.28. The van der Waals surface area contributed by atoms with Crippen molar-refractivity contribution in [3.63, 3.8) is 0 Å². The van der Waals surface area contributed by atoms with Gasteiger partial charge in [0, 0.05) is 38.2 Å². The largest absolute Gasteiger partial charge is 0.480 e. The third kappa shape index (κ3) is 5.82. The first-order valence-electron chi connectivity index (χ1n) is 13.5. The maximum Gasteiger partial charge on any atom is 0.236 e. The fraction of sp³-hybridized carbons (Fsp3) is 0.290. The fourth-order valence-electron chi connectivity index (χ4n) is 5.46. The Hall–Kier alpha value is -4.14. The maximum absolute atomic E-state index is 5.30. The number of benzene rings is 2. The molecule has 0 aliphatic heterocycles. The number of hydrogen-bond donors (Lipinski definition) is 2. The van der Waals surface area contributed by atoms with Gasteiger partial charge in [0.15, 0.2) is 0 Å². The molecule has 5 aromatic rings. The van der Waals surface area contributed by atoms with E-state index in [-0.39, 0.29) is 6.04 Å². The molecule has 39 heavy (non-hydrogen) atoms. The highest BCUT2D eigenvalue weighted by atomic mass is 16.5. The Morgan fingerprint density at radius 1 is 0.897 bits per heavy atom. The summed E-state index contributed by atoms with van der Waals surface area (Å²) in [5.74, 6) is 1.54. The average Bonchev–Trinajstić information content (AvgIpc) is 3.40. The summed E-state index contributed by atoms with van der Waals surface area (Å²) in [6, 6.07) is 21.6. The number of ether oxygens (including phenoxy) is 1. The lowest BCUT2D eigenvalue weighted by atomic mass is 9.90. The van der Waals surface area contributed by atoms with Crippen molar-refractivity contribution in [1.29, 1.82) is 0 Å². The van der Waals surface area contributed by atoms with Gasteiger partial charge in [-0.05, 0) is 54.2 Å². The maximum atomic E-state index is 5.30. The molecule has 3 heterocycles. The van der Waals surface area contributed by atoms with Crippen LogP contribution in [0.4, 0.5) is 0 Å². The number of aromatic nitrogens is 5.